The molecule has 0 bridgehead atoms. The third-order valence-corrected chi connectivity index (χ3v) is 5.18. The van der Waals surface area contributed by atoms with Crippen LogP contribution in [0.2, 0.25) is 0 Å². The third kappa shape index (κ3) is 3.23. The van der Waals surface area contributed by atoms with Crippen LogP contribution < -0.4 is 15.6 Å². The molecule has 11 heteroatoms. The zero-order valence-corrected chi connectivity index (χ0v) is 15.7. The fraction of sp³-hybridized carbons (Fsp3) is 0.214. The molecule has 4 N–H and O–H groups in total. The van der Waals surface area contributed by atoms with Crippen molar-refractivity contribution < 1.29 is 13.2 Å². The number of primary sulfonamides is 1. The monoisotopic (exact) mass is 426 g/mol. The molecule has 2 heterocycles. The Bertz CT molecular complexity index is 1050. The molecule has 0 spiro atoms. The smallest absolute Gasteiger partial charge is 0.318 e. The van der Waals surface area contributed by atoms with E-state index in [0.29, 0.717) is 26.9 Å². The van der Waals surface area contributed by atoms with Gasteiger partial charge in [-0.25, -0.2) is 18.2 Å². The highest BCUT2D eigenvalue weighted by Crippen LogP contribution is 2.31. The molecule has 3 aromatic rings. The van der Waals surface area contributed by atoms with E-state index in [1.54, 1.807) is 23.9 Å². The fourth-order valence-electron chi connectivity index (χ4n) is 2.45. The maximum atomic E-state index is 11.4. The second-order valence-corrected chi connectivity index (χ2v) is 7.61. The van der Waals surface area contributed by atoms with Gasteiger partial charge in [-0.2, -0.15) is 15.1 Å². The fourth-order valence-corrected chi connectivity index (χ4v) is 3.58. The van der Waals surface area contributed by atoms with Crippen LogP contribution >= 0.6 is 15.9 Å². The summed E-state index contributed by atoms with van der Waals surface area (Å²) in [6.45, 7) is 0. The van der Waals surface area contributed by atoms with E-state index in [2.05, 4.69) is 31.0 Å². The summed E-state index contributed by atoms with van der Waals surface area (Å²) in [4.78, 5) is 8.65. The molecule has 2 aromatic heterocycles. The molecule has 1 aromatic carbocycles. The van der Waals surface area contributed by atoms with Crippen LogP contribution in [0.5, 0.6) is 6.01 Å². The molecular weight excluding hydrogens is 412 g/mol. The average Bonchev–Trinajstić information content (AvgIpc) is 2.87. The van der Waals surface area contributed by atoms with Gasteiger partial charge in [-0.1, -0.05) is 12.1 Å². The first-order valence-electron chi connectivity index (χ1n) is 7.05. The molecule has 0 radical (unpaired) electrons. The van der Waals surface area contributed by atoms with Gasteiger partial charge in [0, 0.05) is 7.05 Å². The Hall–Kier alpha value is -2.08. The average molecular weight is 427 g/mol. The first-order valence-corrected chi connectivity index (χ1v) is 9.38. The molecule has 0 fully saturated rings. The van der Waals surface area contributed by atoms with Gasteiger partial charge in [-0.15, -0.1) is 0 Å². The summed E-state index contributed by atoms with van der Waals surface area (Å²) in [5.41, 5.74) is 8.08. The molecule has 0 aliphatic rings. The van der Waals surface area contributed by atoms with Gasteiger partial charge < -0.3 is 10.5 Å². The lowest BCUT2D eigenvalue weighted by molar-refractivity contribution is 0.379. The number of aryl methyl sites for hydroxylation is 1. The molecule has 0 saturated carbocycles. The van der Waals surface area contributed by atoms with E-state index in [9.17, 15) is 8.42 Å². The van der Waals surface area contributed by atoms with Crippen LogP contribution in [0.3, 0.4) is 0 Å². The van der Waals surface area contributed by atoms with Crippen LogP contribution in [-0.4, -0.2) is 35.3 Å². The molecule has 25 heavy (non-hydrogen) atoms. The van der Waals surface area contributed by atoms with Crippen molar-refractivity contribution in [1.29, 1.82) is 0 Å². The number of hydrogen-bond acceptors (Lipinski definition) is 7. The maximum Gasteiger partial charge on any atom is 0.318 e. The normalized spacial score (nSPS) is 13.2. The molecule has 0 aliphatic carbocycles. The number of hydrogen-bond donors (Lipinski definition) is 2. The first kappa shape index (κ1) is 17.7. The highest BCUT2D eigenvalue weighted by atomic mass is 79.9. The van der Waals surface area contributed by atoms with E-state index >= 15 is 0 Å². The number of nitrogens with two attached hydrogens (primary N) is 2. The Kier molecular flexibility index (Phi) is 4.49. The lowest BCUT2D eigenvalue weighted by atomic mass is 10.0. The van der Waals surface area contributed by atoms with Crippen molar-refractivity contribution in [2.45, 2.75) is 10.9 Å². The van der Waals surface area contributed by atoms with Crippen LogP contribution in [0, 0.1) is 0 Å². The van der Waals surface area contributed by atoms with Gasteiger partial charge >= 0.3 is 6.01 Å². The van der Waals surface area contributed by atoms with Gasteiger partial charge in [0.15, 0.2) is 5.65 Å². The van der Waals surface area contributed by atoms with Crippen LogP contribution in [-0.2, 0) is 17.1 Å². The molecule has 0 aliphatic heterocycles. The highest BCUT2D eigenvalue weighted by Gasteiger charge is 2.22. The zero-order valence-electron chi connectivity index (χ0n) is 13.3. The van der Waals surface area contributed by atoms with E-state index < -0.39 is 16.1 Å². The Morgan fingerprint density at radius 3 is 2.44 bits per heavy atom. The minimum absolute atomic E-state index is 0.0106. The number of halogens is 1. The molecular formula is C14H15BrN6O3S. The Morgan fingerprint density at radius 1 is 1.24 bits per heavy atom. The summed E-state index contributed by atoms with van der Waals surface area (Å²) in [6.07, 6.45) is 0. The largest absolute Gasteiger partial charge is 0.467 e. The van der Waals surface area contributed by atoms with Gasteiger partial charge in [-0.3, -0.25) is 0 Å². The second kappa shape index (κ2) is 6.33. The SMILES string of the molecule is COc1nc(C(N)c2ccc(S(N)(=O)=O)cc2)c2c(Br)nn(C)c2n1. The number of rotatable bonds is 4. The van der Waals surface area contributed by atoms with Crippen molar-refractivity contribution in [3.63, 3.8) is 0 Å². The highest BCUT2D eigenvalue weighted by molar-refractivity contribution is 9.10. The molecule has 0 saturated heterocycles. The summed E-state index contributed by atoms with van der Waals surface area (Å²) in [5.74, 6) is 0. The number of fused-ring (bicyclic) bond motifs is 1. The van der Waals surface area contributed by atoms with Crippen molar-refractivity contribution in [3.05, 3.63) is 40.1 Å². The number of nitrogens with zero attached hydrogens (tertiary/aromatic N) is 4. The number of methoxy groups -OCH3 is 1. The molecule has 3 rings (SSSR count). The standard InChI is InChI=1S/C14H15BrN6O3S/c1-21-13-9(12(15)20-21)11(18-14(19-13)24-2)10(16)7-3-5-8(6-4-7)25(17,22)23/h3-6,10H,16H2,1-2H3,(H2,17,22,23). The van der Waals surface area contributed by atoms with Gasteiger partial charge in [0.2, 0.25) is 10.0 Å². The van der Waals surface area contributed by atoms with Crippen molar-refractivity contribution in [1.82, 2.24) is 19.7 Å². The van der Waals surface area contributed by atoms with E-state index in [-0.39, 0.29) is 10.9 Å². The quantitative estimate of drug-likeness (QED) is 0.629. The minimum Gasteiger partial charge on any atom is -0.467 e. The van der Waals surface area contributed by atoms with Crippen molar-refractivity contribution in [2.24, 2.45) is 17.9 Å². The summed E-state index contributed by atoms with van der Waals surface area (Å²) in [7, 11) is -0.559. The zero-order chi connectivity index (χ0) is 18.4. The van der Waals surface area contributed by atoms with Crippen molar-refractivity contribution in [3.8, 4) is 6.01 Å². The predicted octanol–water partition coefficient (Wildman–Crippen LogP) is 0.830. The van der Waals surface area contributed by atoms with E-state index in [1.807, 2.05) is 0 Å². The predicted molar refractivity (Wildman–Crippen MR) is 94.4 cm³/mol. The third-order valence-electron chi connectivity index (χ3n) is 3.69. The van der Waals surface area contributed by atoms with Crippen LogP contribution in [0.25, 0.3) is 11.0 Å². The number of aromatic nitrogens is 4. The minimum atomic E-state index is -3.77. The summed E-state index contributed by atoms with van der Waals surface area (Å²) in [6, 6.07) is 5.50. The molecule has 132 valence electrons. The van der Waals surface area contributed by atoms with Crippen molar-refractivity contribution in [2.75, 3.05) is 7.11 Å². The Balaban J connectivity index is 2.15. The summed E-state index contributed by atoms with van der Waals surface area (Å²) >= 11 is 3.39. The second-order valence-electron chi connectivity index (χ2n) is 5.30. The molecule has 1 unspecified atom stereocenters. The topological polar surface area (TPSA) is 139 Å². The van der Waals surface area contributed by atoms with Gasteiger partial charge in [0.1, 0.15) is 4.60 Å². The number of benzene rings is 1. The number of sulfonamides is 1. The summed E-state index contributed by atoms with van der Waals surface area (Å²) < 4.78 is 30.1. The van der Waals surface area contributed by atoms with Crippen LogP contribution in [0.4, 0.5) is 0 Å². The lowest BCUT2D eigenvalue weighted by Gasteiger charge is -2.14. The van der Waals surface area contributed by atoms with Gasteiger partial charge in [-0.05, 0) is 33.6 Å². The number of ether oxygens (including phenoxy) is 1. The molecule has 0 amide bonds. The van der Waals surface area contributed by atoms with Gasteiger partial charge in [0.05, 0.1) is 29.1 Å². The van der Waals surface area contributed by atoms with E-state index in [4.69, 9.17) is 15.6 Å². The van der Waals surface area contributed by atoms with E-state index in [1.165, 1.54) is 19.2 Å². The van der Waals surface area contributed by atoms with E-state index in [0.717, 1.165) is 0 Å². The van der Waals surface area contributed by atoms with Gasteiger partial charge in [0.25, 0.3) is 0 Å². The summed E-state index contributed by atoms with van der Waals surface area (Å²) in [5, 5.41) is 10.0. The molecule has 1 atom stereocenters. The first-order chi connectivity index (χ1) is 11.7. The van der Waals surface area contributed by atoms with Crippen LogP contribution in [0.15, 0.2) is 33.8 Å². The maximum absolute atomic E-state index is 11.4. The van der Waals surface area contributed by atoms with Crippen molar-refractivity contribution >= 4 is 37.0 Å². The molecule has 9 nitrogen and oxygen atoms in total. The Morgan fingerprint density at radius 2 is 1.88 bits per heavy atom. The lowest BCUT2D eigenvalue weighted by Crippen LogP contribution is -2.16. The van der Waals surface area contributed by atoms with Crippen LogP contribution in [0.1, 0.15) is 17.3 Å². The Labute approximate surface area is 152 Å².